The van der Waals surface area contributed by atoms with E-state index in [9.17, 15) is 13.2 Å². The molecule has 0 spiro atoms. The maximum Gasteiger partial charge on any atom is 0.270 e. The van der Waals surface area contributed by atoms with Gasteiger partial charge >= 0.3 is 0 Å². The van der Waals surface area contributed by atoms with Crippen LogP contribution in [-0.4, -0.2) is 60.8 Å². The van der Waals surface area contributed by atoms with Crippen molar-refractivity contribution in [3.8, 4) is 5.75 Å². The van der Waals surface area contributed by atoms with Crippen LogP contribution in [0.5, 0.6) is 5.75 Å². The largest absolute Gasteiger partial charge is 0.494 e. The van der Waals surface area contributed by atoms with E-state index in [1.54, 1.807) is 49.7 Å². The number of fused-ring (bicyclic) bond motifs is 1. The average molecular weight is 622 g/mol. The summed E-state index contributed by atoms with van der Waals surface area (Å²) < 4.78 is 32.7. The second kappa shape index (κ2) is 12.9. The SMILES string of the molecule is COc1c(Nc2ncc(Cl)c(Nc3ccccc3S(=O)(=O)N(C)C)n2)ccc2c1CCCC(NC(=O)c1ccccn1)C2. The smallest absolute Gasteiger partial charge is 0.270 e. The Labute approximate surface area is 255 Å². The van der Waals surface area contributed by atoms with Gasteiger partial charge in [-0.05, 0) is 67.1 Å². The third-order valence-corrected chi connectivity index (χ3v) is 9.28. The number of para-hydroxylation sites is 1. The summed E-state index contributed by atoms with van der Waals surface area (Å²) in [5, 5.41) is 9.61. The summed E-state index contributed by atoms with van der Waals surface area (Å²) in [7, 11) is 0.837. The van der Waals surface area contributed by atoms with Crippen molar-refractivity contribution in [2.24, 2.45) is 0 Å². The van der Waals surface area contributed by atoms with Gasteiger partial charge in [0.25, 0.3) is 5.91 Å². The van der Waals surface area contributed by atoms with Crippen molar-refractivity contribution in [1.82, 2.24) is 24.6 Å². The zero-order valence-corrected chi connectivity index (χ0v) is 25.5. The first-order valence-corrected chi connectivity index (χ1v) is 15.5. The normalized spacial score (nSPS) is 14.9. The number of rotatable bonds is 9. The Bertz CT molecular complexity index is 1740. The van der Waals surface area contributed by atoms with Crippen LogP contribution in [0.4, 0.5) is 23.1 Å². The van der Waals surface area contributed by atoms with Gasteiger partial charge in [-0.2, -0.15) is 4.98 Å². The van der Waals surface area contributed by atoms with Gasteiger partial charge in [-0.15, -0.1) is 0 Å². The van der Waals surface area contributed by atoms with Crippen LogP contribution < -0.4 is 20.7 Å². The molecule has 11 nitrogen and oxygen atoms in total. The zero-order valence-electron chi connectivity index (χ0n) is 24.0. The zero-order chi connectivity index (χ0) is 30.6. The first-order chi connectivity index (χ1) is 20.7. The van der Waals surface area contributed by atoms with E-state index in [2.05, 4.69) is 30.9 Å². The summed E-state index contributed by atoms with van der Waals surface area (Å²) in [4.78, 5) is 25.8. The summed E-state index contributed by atoms with van der Waals surface area (Å²) in [6.07, 6.45) is 6.16. The lowest BCUT2D eigenvalue weighted by atomic mass is 9.99. The lowest BCUT2D eigenvalue weighted by Gasteiger charge is -2.19. The number of carbonyl (C=O) groups is 1. The molecule has 2 aromatic heterocycles. The quantitative estimate of drug-likeness (QED) is 0.222. The number of benzene rings is 2. The number of hydrogen-bond donors (Lipinski definition) is 3. The van der Waals surface area contributed by atoms with Gasteiger partial charge in [-0.1, -0.05) is 35.9 Å². The van der Waals surface area contributed by atoms with Gasteiger partial charge in [0, 0.05) is 26.3 Å². The second-order valence-electron chi connectivity index (χ2n) is 10.2. The summed E-state index contributed by atoms with van der Waals surface area (Å²) >= 11 is 6.40. The number of methoxy groups -OCH3 is 1. The number of ether oxygens (including phenoxy) is 1. The molecule has 5 rings (SSSR count). The van der Waals surface area contributed by atoms with Crippen molar-refractivity contribution in [2.45, 2.75) is 36.6 Å². The molecule has 1 unspecified atom stereocenters. The molecule has 1 aliphatic rings. The highest BCUT2D eigenvalue weighted by molar-refractivity contribution is 7.89. The molecule has 0 fully saturated rings. The van der Waals surface area contributed by atoms with Gasteiger partial charge in [0.05, 0.1) is 24.7 Å². The van der Waals surface area contributed by atoms with E-state index in [0.717, 1.165) is 34.7 Å². The molecule has 0 bridgehead atoms. The van der Waals surface area contributed by atoms with Crippen molar-refractivity contribution in [3.63, 3.8) is 0 Å². The predicted molar refractivity (Wildman–Crippen MR) is 166 cm³/mol. The van der Waals surface area contributed by atoms with Crippen LogP contribution in [0.3, 0.4) is 0 Å². The van der Waals surface area contributed by atoms with Gasteiger partial charge in [0.2, 0.25) is 16.0 Å². The van der Waals surface area contributed by atoms with Gasteiger partial charge in [-0.25, -0.2) is 17.7 Å². The topological polar surface area (TPSA) is 138 Å². The summed E-state index contributed by atoms with van der Waals surface area (Å²) in [6.45, 7) is 0. The number of pyridine rings is 1. The standard InChI is InChI=1S/C30H32ClN7O4S/c1-38(2)43(40,41)26-13-5-4-11-23(26)35-28-22(31)18-33-30(37-28)36-24-15-14-19-17-20(9-8-10-21(19)27(24)42-3)34-29(39)25-12-6-7-16-32-25/h4-7,11-16,18,20H,8-10,17H2,1-3H3,(H,34,39)(H2,33,35,36,37). The molecular weight excluding hydrogens is 590 g/mol. The predicted octanol–water partition coefficient (Wildman–Crippen LogP) is 4.95. The molecule has 4 aromatic rings. The monoisotopic (exact) mass is 621 g/mol. The van der Waals surface area contributed by atoms with E-state index in [0.29, 0.717) is 29.2 Å². The van der Waals surface area contributed by atoms with E-state index in [1.807, 2.05) is 12.1 Å². The molecular formula is C30H32ClN7O4S. The van der Waals surface area contributed by atoms with Gasteiger partial charge in [0.1, 0.15) is 21.4 Å². The van der Waals surface area contributed by atoms with E-state index in [1.165, 1.54) is 26.4 Å². The van der Waals surface area contributed by atoms with E-state index < -0.39 is 10.0 Å². The van der Waals surface area contributed by atoms with Gasteiger partial charge < -0.3 is 20.7 Å². The highest BCUT2D eigenvalue weighted by Gasteiger charge is 2.24. The molecule has 0 saturated heterocycles. The Morgan fingerprint density at radius 2 is 1.81 bits per heavy atom. The Kier molecular flexibility index (Phi) is 9.09. The lowest BCUT2D eigenvalue weighted by molar-refractivity contribution is 0.0930. The van der Waals surface area contributed by atoms with Crippen LogP contribution in [-0.2, 0) is 22.9 Å². The van der Waals surface area contributed by atoms with Crippen molar-refractivity contribution in [3.05, 3.63) is 88.8 Å². The fraction of sp³-hybridized carbons (Fsp3) is 0.267. The minimum Gasteiger partial charge on any atom is -0.494 e. The number of carbonyl (C=O) groups excluding carboxylic acids is 1. The van der Waals surface area contributed by atoms with Crippen LogP contribution in [0, 0.1) is 0 Å². The van der Waals surface area contributed by atoms with E-state index in [-0.39, 0.29) is 33.6 Å². The number of hydrogen-bond acceptors (Lipinski definition) is 9. The Morgan fingerprint density at radius 3 is 2.56 bits per heavy atom. The van der Waals surface area contributed by atoms with Gasteiger partial charge in [0.15, 0.2) is 5.82 Å². The third-order valence-electron chi connectivity index (χ3n) is 7.13. The fourth-order valence-corrected chi connectivity index (χ4v) is 6.17. The number of amides is 1. The molecule has 1 atom stereocenters. The van der Waals surface area contributed by atoms with Crippen molar-refractivity contribution < 1.29 is 17.9 Å². The molecule has 2 heterocycles. The molecule has 224 valence electrons. The molecule has 3 N–H and O–H groups in total. The summed E-state index contributed by atoms with van der Waals surface area (Å²) in [6, 6.07) is 15.7. The Hall–Kier alpha value is -4.26. The van der Waals surface area contributed by atoms with Crippen molar-refractivity contribution in [1.29, 1.82) is 0 Å². The Morgan fingerprint density at radius 1 is 1.02 bits per heavy atom. The molecule has 0 saturated carbocycles. The maximum atomic E-state index is 12.9. The molecule has 43 heavy (non-hydrogen) atoms. The van der Waals surface area contributed by atoms with Crippen LogP contribution >= 0.6 is 11.6 Å². The second-order valence-corrected chi connectivity index (χ2v) is 12.7. The fourth-order valence-electron chi connectivity index (χ4n) is 4.99. The van der Waals surface area contributed by atoms with Crippen LogP contribution in [0.1, 0.15) is 34.5 Å². The van der Waals surface area contributed by atoms with Crippen LogP contribution in [0.15, 0.2) is 71.9 Å². The number of nitrogens with zero attached hydrogens (tertiary/aromatic N) is 4. The third kappa shape index (κ3) is 6.71. The minimum atomic E-state index is -3.72. The molecule has 0 radical (unpaired) electrons. The highest BCUT2D eigenvalue weighted by Crippen LogP contribution is 2.37. The summed E-state index contributed by atoms with van der Waals surface area (Å²) in [5.41, 5.74) is 3.53. The minimum absolute atomic E-state index is 0.0355. The van der Waals surface area contributed by atoms with Crippen molar-refractivity contribution in [2.75, 3.05) is 31.8 Å². The molecule has 2 aromatic carbocycles. The van der Waals surface area contributed by atoms with Crippen LogP contribution in [0.25, 0.3) is 0 Å². The molecule has 1 aliphatic carbocycles. The summed E-state index contributed by atoms with van der Waals surface area (Å²) in [5.74, 6) is 0.961. The van der Waals surface area contributed by atoms with E-state index >= 15 is 0 Å². The van der Waals surface area contributed by atoms with Crippen molar-refractivity contribution >= 4 is 50.7 Å². The number of anilines is 4. The number of nitrogens with one attached hydrogen (secondary N) is 3. The molecule has 13 heteroatoms. The number of halogens is 1. The van der Waals surface area contributed by atoms with Crippen LogP contribution in [0.2, 0.25) is 5.02 Å². The highest BCUT2D eigenvalue weighted by atomic mass is 35.5. The molecule has 1 amide bonds. The lowest BCUT2D eigenvalue weighted by Crippen LogP contribution is -2.36. The maximum absolute atomic E-state index is 12.9. The first kappa shape index (κ1) is 30.2. The van der Waals surface area contributed by atoms with Gasteiger partial charge in [-0.3, -0.25) is 9.78 Å². The Balaban J connectivity index is 1.37. The molecule has 0 aliphatic heterocycles. The number of aromatic nitrogens is 3. The van der Waals surface area contributed by atoms with E-state index in [4.69, 9.17) is 16.3 Å². The number of sulfonamides is 1. The average Bonchev–Trinajstić information content (AvgIpc) is 3.21. The first-order valence-electron chi connectivity index (χ1n) is 13.7.